The lowest BCUT2D eigenvalue weighted by Gasteiger charge is -2.25. The van der Waals surface area contributed by atoms with Crippen molar-refractivity contribution in [2.75, 3.05) is 13.1 Å². The zero-order valence-corrected chi connectivity index (χ0v) is 15.3. The van der Waals surface area contributed by atoms with Crippen molar-refractivity contribution < 1.29 is 9.18 Å². The van der Waals surface area contributed by atoms with E-state index < -0.39 is 12.2 Å². The molecule has 1 aliphatic heterocycles. The molecule has 1 saturated heterocycles. The average Bonchev–Trinajstić information content (AvgIpc) is 3.28. The number of alkyl halides is 1. The third-order valence-corrected chi connectivity index (χ3v) is 5.71. The number of hydrogen-bond donors (Lipinski definition) is 1. The maximum atomic E-state index is 13.4. The molecule has 0 unspecified atom stereocenters. The fraction of sp³-hybridized carbons (Fsp3) is 0.450. The molecular formula is C20H23FN4O2. The number of rotatable bonds is 3. The van der Waals surface area contributed by atoms with Crippen molar-refractivity contribution in [3.05, 3.63) is 52.2 Å². The number of likely N-dealkylation sites (tertiary alicyclic amines) is 1. The largest absolute Gasteiger partial charge is 0.347 e. The van der Waals surface area contributed by atoms with E-state index in [9.17, 15) is 14.0 Å². The summed E-state index contributed by atoms with van der Waals surface area (Å²) in [6.07, 6.45) is 4.46. The minimum atomic E-state index is -0.935. The topological polar surface area (TPSA) is 81.2 Å². The van der Waals surface area contributed by atoms with Crippen LogP contribution in [0, 0.1) is 0 Å². The number of benzene rings is 1. The Morgan fingerprint density at radius 3 is 2.85 bits per heavy atom. The highest BCUT2D eigenvalue weighted by atomic mass is 19.1. The first kappa shape index (κ1) is 17.9. The number of nitrogens with zero attached hydrogens (tertiary/aromatic N) is 3. The van der Waals surface area contributed by atoms with E-state index >= 15 is 0 Å². The smallest absolute Gasteiger partial charge is 0.338 e. The van der Waals surface area contributed by atoms with Gasteiger partial charge in [-0.15, -0.1) is 0 Å². The molecule has 0 radical (unpaired) electrons. The van der Waals surface area contributed by atoms with E-state index in [0.29, 0.717) is 13.0 Å². The first-order valence-corrected chi connectivity index (χ1v) is 9.28. The molecule has 2 heterocycles. The van der Waals surface area contributed by atoms with Crippen LogP contribution in [0.1, 0.15) is 29.9 Å². The lowest BCUT2D eigenvalue weighted by molar-refractivity contribution is -0.132. The van der Waals surface area contributed by atoms with Crippen LogP contribution in [0.3, 0.4) is 0 Å². The molecule has 1 aliphatic carbocycles. The number of hydrogen-bond acceptors (Lipinski definition) is 4. The monoisotopic (exact) mass is 370 g/mol. The number of carbonyl (C=O) groups excluding carboxylic acids is 1. The molecule has 4 rings (SSSR count). The van der Waals surface area contributed by atoms with Crippen LogP contribution in [0.2, 0.25) is 0 Å². The Kier molecular flexibility index (Phi) is 4.55. The van der Waals surface area contributed by atoms with Crippen LogP contribution in [-0.2, 0) is 18.3 Å². The number of halogens is 1. The van der Waals surface area contributed by atoms with Gasteiger partial charge in [0.1, 0.15) is 6.17 Å². The minimum Gasteiger partial charge on any atom is -0.338 e. The second-order valence-electron chi connectivity index (χ2n) is 7.49. The van der Waals surface area contributed by atoms with Gasteiger partial charge in [0.25, 0.3) is 0 Å². The highest BCUT2D eigenvalue weighted by Gasteiger charge is 2.36. The van der Waals surface area contributed by atoms with Gasteiger partial charge in [0.05, 0.1) is 12.6 Å². The first-order chi connectivity index (χ1) is 12.9. The van der Waals surface area contributed by atoms with Crippen LogP contribution in [0.5, 0.6) is 0 Å². The van der Waals surface area contributed by atoms with Crippen molar-refractivity contribution in [3.8, 4) is 11.1 Å². The van der Waals surface area contributed by atoms with Gasteiger partial charge in [0.2, 0.25) is 5.91 Å². The van der Waals surface area contributed by atoms with Crippen molar-refractivity contribution >= 4 is 5.91 Å². The summed E-state index contributed by atoms with van der Waals surface area (Å²) in [6.45, 7) is 0.608. The molecule has 2 N–H and O–H groups in total. The Morgan fingerprint density at radius 1 is 1.33 bits per heavy atom. The SMILES string of the molecule is Cn1cc(-c2ccc3c(c2)CC[C@@H]3[C@H](N)C(=O)N2CC[C@H](F)C2)cnc1=O. The van der Waals surface area contributed by atoms with Crippen molar-refractivity contribution in [3.63, 3.8) is 0 Å². The van der Waals surface area contributed by atoms with Crippen LogP contribution in [-0.4, -0.2) is 45.7 Å². The van der Waals surface area contributed by atoms with Crippen molar-refractivity contribution in [1.29, 1.82) is 0 Å². The molecule has 3 atom stereocenters. The van der Waals surface area contributed by atoms with Crippen LogP contribution >= 0.6 is 0 Å². The predicted octanol–water partition coefficient (Wildman–Crippen LogP) is 1.37. The van der Waals surface area contributed by atoms with E-state index in [2.05, 4.69) is 11.1 Å². The maximum Gasteiger partial charge on any atom is 0.347 e. The third-order valence-electron chi connectivity index (χ3n) is 5.71. The van der Waals surface area contributed by atoms with E-state index in [1.807, 2.05) is 12.1 Å². The first-order valence-electron chi connectivity index (χ1n) is 9.28. The lowest BCUT2D eigenvalue weighted by atomic mass is 9.91. The molecule has 0 bridgehead atoms. The molecule has 7 heteroatoms. The molecule has 27 heavy (non-hydrogen) atoms. The molecule has 1 fully saturated rings. The zero-order valence-electron chi connectivity index (χ0n) is 15.3. The molecule has 1 aromatic heterocycles. The molecule has 142 valence electrons. The summed E-state index contributed by atoms with van der Waals surface area (Å²) in [5, 5.41) is 0. The van der Waals surface area contributed by atoms with Gasteiger partial charge in [-0.2, -0.15) is 0 Å². The van der Waals surface area contributed by atoms with E-state index in [4.69, 9.17) is 5.73 Å². The molecule has 0 spiro atoms. The van der Waals surface area contributed by atoms with Crippen LogP contribution in [0.25, 0.3) is 11.1 Å². The molecular weight excluding hydrogens is 347 g/mol. The van der Waals surface area contributed by atoms with Gasteiger partial charge in [0.15, 0.2) is 0 Å². The number of amides is 1. The number of aromatic nitrogens is 2. The number of aryl methyl sites for hydroxylation is 2. The fourth-order valence-corrected chi connectivity index (χ4v) is 4.17. The quantitative estimate of drug-likeness (QED) is 0.885. The molecule has 0 saturated carbocycles. The Balaban J connectivity index is 1.56. The third kappa shape index (κ3) is 3.27. The predicted molar refractivity (Wildman–Crippen MR) is 100 cm³/mol. The highest BCUT2D eigenvalue weighted by molar-refractivity contribution is 5.83. The van der Waals surface area contributed by atoms with E-state index in [-0.39, 0.29) is 24.1 Å². The van der Waals surface area contributed by atoms with Gasteiger partial charge >= 0.3 is 5.69 Å². The Labute approximate surface area is 156 Å². The van der Waals surface area contributed by atoms with Gasteiger partial charge in [-0.05, 0) is 36.0 Å². The second kappa shape index (κ2) is 6.88. The summed E-state index contributed by atoms with van der Waals surface area (Å²) in [4.78, 5) is 29.5. The molecule has 2 aliphatic rings. The van der Waals surface area contributed by atoms with E-state index in [1.54, 1.807) is 24.3 Å². The Hall–Kier alpha value is -2.54. The fourth-order valence-electron chi connectivity index (χ4n) is 4.17. The minimum absolute atomic E-state index is 0.0431. The Morgan fingerprint density at radius 2 is 2.15 bits per heavy atom. The van der Waals surface area contributed by atoms with Gasteiger partial charge in [-0.25, -0.2) is 14.2 Å². The molecule has 2 aromatic rings. The number of carbonyl (C=O) groups is 1. The van der Waals surface area contributed by atoms with Crippen molar-refractivity contribution in [2.45, 2.75) is 37.4 Å². The average molecular weight is 370 g/mol. The van der Waals surface area contributed by atoms with E-state index in [0.717, 1.165) is 29.5 Å². The standard InChI is InChI=1S/C20H23FN4O2/c1-24-10-14(9-23-20(24)27)12-2-4-16-13(8-12)3-5-17(16)18(22)19(26)25-7-6-15(21)11-25/h2,4,8-10,15,17-18H,3,5-7,11,22H2,1H3/t15-,17-,18-/m0/s1. The van der Waals surface area contributed by atoms with Crippen LogP contribution in [0.15, 0.2) is 35.4 Å². The van der Waals surface area contributed by atoms with Gasteiger partial charge in [0, 0.05) is 37.5 Å². The number of fused-ring (bicyclic) bond motifs is 1. The van der Waals surface area contributed by atoms with Crippen molar-refractivity contribution in [2.24, 2.45) is 12.8 Å². The summed E-state index contributed by atoms with van der Waals surface area (Å²) in [6, 6.07) is 5.44. The lowest BCUT2D eigenvalue weighted by Crippen LogP contribution is -2.45. The summed E-state index contributed by atoms with van der Waals surface area (Å²) in [5.41, 5.74) is 10.1. The van der Waals surface area contributed by atoms with Crippen LogP contribution in [0.4, 0.5) is 4.39 Å². The zero-order chi connectivity index (χ0) is 19.1. The Bertz CT molecular complexity index is 942. The summed E-state index contributed by atoms with van der Waals surface area (Å²) < 4.78 is 14.9. The number of nitrogens with two attached hydrogens (primary N) is 1. The molecule has 6 nitrogen and oxygen atoms in total. The highest BCUT2D eigenvalue weighted by Crippen LogP contribution is 2.37. The second-order valence-corrected chi connectivity index (χ2v) is 7.49. The maximum absolute atomic E-state index is 13.4. The summed E-state index contributed by atoms with van der Waals surface area (Å²) >= 11 is 0. The van der Waals surface area contributed by atoms with Gasteiger partial charge < -0.3 is 15.2 Å². The summed E-state index contributed by atoms with van der Waals surface area (Å²) in [5.74, 6) is -0.196. The van der Waals surface area contributed by atoms with E-state index in [1.165, 1.54) is 10.1 Å². The van der Waals surface area contributed by atoms with Gasteiger partial charge in [-0.3, -0.25) is 4.79 Å². The van der Waals surface area contributed by atoms with Crippen molar-refractivity contribution in [1.82, 2.24) is 14.5 Å². The van der Waals surface area contributed by atoms with Crippen LogP contribution < -0.4 is 11.4 Å². The van der Waals surface area contributed by atoms with Gasteiger partial charge in [-0.1, -0.05) is 18.2 Å². The molecule has 1 aromatic carbocycles. The summed E-state index contributed by atoms with van der Waals surface area (Å²) in [7, 11) is 1.67. The molecule has 1 amide bonds. The normalized spacial score (nSPS) is 22.7.